The highest BCUT2D eigenvalue weighted by atomic mass is 127. The number of nitrogens with two attached hydrogens (primary N) is 1. The van der Waals surface area contributed by atoms with E-state index >= 15 is 0 Å². The van der Waals surface area contributed by atoms with Crippen molar-refractivity contribution in [2.45, 2.75) is 129 Å². The molecule has 0 spiro atoms. The van der Waals surface area contributed by atoms with Crippen LogP contribution in [0, 0.1) is 28.5 Å². The number of amides is 4. The standard InChI is InChI=1S/C32H32INO3.C32H31NO3.C18H20INO2.C18H21NO4.C17H19IN2O2/c1-4-8-23-19-24-10-5-6-12-30(24)31(23)21-28(35)20-25(17-22-9-7-11-26(33)18-22)32(36)34(2)27-13-15-29(37-3)16-14-27;1-33(27-13-15-29(36-2)16-14-27)32(35)26-18-23-9-5-7-22(17-23)8-6-11-25-19-24-10-3-4-12-30(24)31(25)21-28(34)20-26;1-13(11-14-5-4-6-15(19)12-14)18(21)20(2)16-7-9-17(22-3)10-8-16;1-5-8-14-13(11-16(20)21)12-9-6-7-10-15(12)19(14)17(22)23-18(2,3)4;1-20(14-6-8-15(22-2)9-7-14)17(21)16(19)11-12-4-3-5-13(18)10-12/h4-7,9-16,18,25H,1,8,17,19-21H2,2-3H3;3-10,12-17,26H,11,18-21H2,1-2H3;4-10,12-13H,11H2,1-3H3;5-7,9-10H,1,8,11H2,2-4H3,(H,20,21);3-10,16H,11,19H2,1-2H3/b;8-6+;;;/t25-;26-;13-;;16-/m110.0/s1. The second-order valence-electron chi connectivity index (χ2n) is 35.8. The Morgan fingerprint density at radius 2 is 0.986 bits per heavy atom. The average Bonchev–Trinajstić information content (AvgIpc) is 1.60. The molecule has 140 heavy (non-hydrogen) atoms. The van der Waals surface area contributed by atoms with Gasteiger partial charge in [0.2, 0.25) is 23.6 Å². The molecule has 4 atom stereocenters. The molecule has 0 saturated carbocycles. The van der Waals surface area contributed by atoms with Gasteiger partial charge in [0.25, 0.3) is 0 Å². The molecule has 3 N–H and O–H groups in total. The van der Waals surface area contributed by atoms with E-state index in [1.165, 1.54) is 41.5 Å². The number of carbonyl (C=O) groups is 8. The van der Waals surface area contributed by atoms with E-state index in [1.54, 1.807) is 102 Å². The van der Waals surface area contributed by atoms with Crippen LogP contribution in [0.15, 0.2) is 309 Å². The Labute approximate surface area is 863 Å². The zero-order valence-electron chi connectivity index (χ0n) is 81.5. The molecule has 3 aliphatic rings. The number of methoxy groups -OCH3 is 4. The Bertz CT molecular complexity index is 6380. The van der Waals surface area contributed by atoms with Crippen LogP contribution in [0.5, 0.6) is 23.0 Å². The molecule has 2 bridgehead atoms. The number of halogens is 3. The number of carboxylic acids is 1. The molecule has 12 aromatic rings. The van der Waals surface area contributed by atoms with E-state index in [-0.39, 0.29) is 60.4 Å². The number of allylic oxidation sites excluding steroid dienone is 7. The van der Waals surface area contributed by atoms with E-state index in [2.05, 4.69) is 160 Å². The molecule has 4 amide bonds. The van der Waals surface area contributed by atoms with Crippen LogP contribution in [0.3, 0.4) is 0 Å². The Morgan fingerprint density at radius 1 is 0.514 bits per heavy atom. The first-order chi connectivity index (χ1) is 67.2. The normalized spacial score (nSPS) is 13.8. The van der Waals surface area contributed by atoms with Gasteiger partial charge >= 0.3 is 12.1 Å². The van der Waals surface area contributed by atoms with E-state index < -0.39 is 35.5 Å². The number of Topliss-reactive ketones (excluding diaryl/α,β-unsaturated/α-hetero) is 2. The number of likely N-dealkylation sites (N-methyl/N-ethyl adjacent to an activating group) is 1. The molecule has 23 heteroatoms. The van der Waals surface area contributed by atoms with Gasteiger partial charge in [-0.2, -0.15) is 0 Å². The fourth-order valence-corrected chi connectivity index (χ4v) is 19.3. The summed E-state index contributed by atoms with van der Waals surface area (Å²) in [5.41, 5.74) is 25.7. The number of aliphatic carboxylic acids is 1. The number of rotatable bonds is 28. The highest BCUT2D eigenvalue weighted by Crippen LogP contribution is 2.41. The molecular weight excluding hydrogens is 2090 g/mol. The summed E-state index contributed by atoms with van der Waals surface area (Å²) in [7, 11) is 13.6. The summed E-state index contributed by atoms with van der Waals surface area (Å²) in [6.45, 7) is 15.0. The number of hydrogen-bond acceptors (Lipinski definition) is 14. The summed E-state index contributed by atoms with van der Waals surface area (Å²) in [4.78, 5) is 110. The van der Waals surface area contributed by atoms with Crippen LogP contribution in [-0.2, 0) is 89.7 Å². The summed E-state index contributed by atoms with van der Waals surface area (Å²) >= 11 is 6.82. The molecule has 15 rings (SSSR count). The van der Waals surface area contributed by atoms with Crippen molar-refractivity contribution < 1.29 is 67.1 Å². The van der Waals surface area contributed by atoms with E-state index in [4.69, 9.17) is 29.4 Å². The first-order valence-electron chi connectivity index (χ1n) is 46.5. The molecule has 726 valence electrons. The number of ether oxygens (including phenoxy) is 5. The maximum absolute atomic E-state index is 13.7. The lowest BCUT2D eigenvalue weighted by atomic mass is 9.89. The second kappa shape index (κ2) is 51.9. The van der Waals surface area contributed by atoms with Crippen molar-refractivity contribution in [3.63, 3.8) is 0 Å². The van der Waals surface area contributed by atoms with Crippen molar-refractivity contribution >= 4 is 166 Å². The van der Waals surface area contributed by atoms with Crippen LogP contribution in [0.1, 0.15) is 128 Å². The number of carbonyl (C=O) groups excluding carboxylic acids is 7. The zero-order chi connectivity index (χ0) is 101. The number of fused-ring (bicyclic) bond motifs is 6. The second-order valence-corrected chi connectivity index (χ2v) is 39.6. The molecular formula is C117H123I3N6O14. The van der Waals surface area contributed by atoms with Crippen LogP contribution >= 0.6 is 67.8 Å². The van der Waals surface area contributed by atoms with Gasteiger partial charge in [0.1, 0.15) is 40.2 Å². The minimum absolute atomic E-state index is 0.0506. The number of ketones is 2. The largest absolute Gasteiger partial charge is 0.497 e. The Kier molecular flexibility index (Phi) is 39.9. The zero-order valence-corrected chi connectivity index (χ0v) is 88.0. The van der Waals surface area contributed by atoms with E-state index in [0.29, 0.717) is 55.3 Å². The summed E-state index contributed by atoms with van der Waals surface area (Å²) in [6, 6.07) is 85.7. The smallest absolute Gasteiger partial charge is 0.419 e. The lowest BCUT2D eigenvalue weighted by Gasteiger charge is -2.24. The average molecular weight is 2220 g/mol. The topological polar surface area (TPSA) is 247 Å². The summed E-state index contributed by atoms with van der Waals surface area (Å²) in [6.07, 6.45) is 14.4. The molecule has 0 fully saturated rings. The third kappa shape index (κ3) is 30.1. The first-order valence-corrected chi connectivity index (χ1v) is 49.7. The maximum Gasteiger partial charge on any atom is 0.419 e. The van der Waals surface area contributed by atoms with Gasteiger partial charge in [-0.3, -0.25) is 33.6 Å². The minimum atomic E-state index is -0.942. The molecule has 1 aromatic heterocycles. The van der Waals surface area contributed by atoms with Gasteiger partial charge < -0.3 is 54.1 Å². The van der Waals surface area contributed by atoms with Crippen LogP contribution in [-0.4, -0.2) is 125 Å². The molecule has 0 aliphatic heterocycles. The molecule has 0 radical (unpaired) electrons. The number of benzene rings is 11. The van der Waals surface area contributed by atoms with Crippen LogP contribution in [0.2, 0.25) is 0 Å². The highest BCUT2D eigenvalue weighted by molar-refractivity contribution is 14.1. The molecule has 11 aromatic carbocycles. The van der Waals surface area contributed by atoms with Gasteiger partial charge in [0.05, 0.1) is 46.4 Å². The van der Waals surface area contributed by atoms with Crippen molar-refractivity contribution in [1.82, 2.24) is 4.57 Å². The predicted octanol–water partition coefficient (Wildman–Crippen LogP) is 24.1. The summed E-state index contributed by atoms with van der Waals surface area (Å²) in [5, 5.41) is 9.95. The first kappa shape index (κ1) is 108. The van der Waals surface area contributed by atoms with Crippen molar-refractivity contribution in [1.29, 1.82) is 0 Å². The van der Waals surface area contributed by atoms with E-state index in [0.717, 1.165) is 129 Å². The Morgan fingerprint density at radius 3 is 1.50 bits per heavy atom. The molecule has 3 aliphatic carbocycles. The van der Waals surface area contributed by atoms with E-state index in [9.17, 15) is 43.5 Å². The van der Waals surface area contributed by atoms with Gasteiger partial charge in [0.15, 0.2) is 0 Å². The van der Waals surface area contributed by atoms with Crippen molar-refractivity contribution in [3.8, 4) is 23.0 Å². The SMILES string of the molecule is C=CCC1=C(CC(=O)C[C@@H](Cc2cccc(I)c2)C(=O)N(C)c2ccc(OC)cc2)c2ccccc2C1.C=CCc1c(CC(=O)O)c2ccccc2n1C(=O)OC(C)(C)C.COc1ccc(N(C)C(=O)[C@@H](C)Cc2cccc(I)c2)cc1.COc1ccc(N(C)C(=O)[C@@H](N)Cc2cccc(I)c2)cc1.COc1ccc(N(C)C(=O)[C@H]2CC(=O)CC3=C(C/C=C/c4cccc(c4)C2)Cc2ccccc23)cc1. The van der Waals surface area contributed by atoms with Crippen molar-refractivity contribution in [2.24, 2.45) is 23.5 Å². The number of carboxylic acid groups (broad SMARTS) is 1. The summed E-state index contributed by atoms with van der Waals surface area (Å²) in [5.74, 6) is 1.20. The van der Waals surface area contributed by atoms with Crippen molar-refractivity contribution in [3.05, 3.63) is 381 Å². The number of anilines is 4. The third-order valence-electron chi connectivity index (χ3n) is 24.6. The lowest BCUT2D eigenvalue weighted by molar-refractivity contribution is -0.136. The quantitative estimate of drug-likeness (QED) is 0.0342. The number of nitrogens with zero attached hydrogens (tertiary/aromatic N) is 5. The van der Waals surface area contributed by atoms with E-state index in [1.807, 2.05) is 214 Å². The fourth-order valence-electron chi connectivity index (χ4n) is 17.5. The predicted molar refractivity (Wildman–Crippen MR) is 588 cm³/mol. The highest BCUT2D eigenvalue weighted by Gasteiger charge is 2.34. The maximum atomic E-state index is 13.7. The Balaban J connectivity index is 0.000000171. The number of aromatic nitrogens is 1. The lowest BCUT2D eigenvalue weighted by Crippen LogP contribution is -2.43. The van der Waals surface area contributed by atoms with Gasteiger partial charge in [0, 0.05) is 123 Å². The van der Waals surface area contributed by atoms with Gasteiger partial charge in [-0.25, -0.2) is 9.36 Å². The molecule has 0 saturated heterocycles. The van der Waals surface area contributed by atoms with Crippen LogP contribution < -0.4 is 44.3 Å². The van der Waals surface area contributed by atoms with Gasteiger partial charge in [-0.05, 0) is 346 Å². The minimum Gasteiger partial charge on any atom is -0.497 e. The number of hydrogen-bond donors (Lipinski definition) is 2. The molecule has 0 unspecified atom stereocenters. The Hall–Kier alpha value is -12.8. The van der Waals surface area contributed by atoms with Crippen molar-refractivity contribution in [2.75, 3.05) is 76.2 Å². The van der Waals surface area contributed by atoms with Crippen LogP contribution in [0.25, 0.3) is 28.1 Å². The fraction of sp³-hybridized carbons (Fsp3) is 0.265. The number of para-hydroxylation sites is 1. The summed E-state index contributed by atoms with van der Waals surface area (Å²) < 4.78 is 31.1. The third-order valence-corrected chi connectivity index (χ3v) is 26.6. The van der Waals surface area contributed by atoms with Gasteiger partial charge in [-0.15, -0.1) is 13.2 Å². The van der Waals surface area contributed by atoms with Crippen LogP contribution in [0.4, 0.5) is 27.5 Å². The molecule has 1 heterocycles. The van der Waals surface area contributed by atoms with Gasteiger partial charge in [-0.1, -0.05) is 170 Å². The monoisotopic (exact) mass is 2220 g/mol. The molecule has 20 nitrogen and oxygen atoms in total.